The first-order chi connectivity index (χ1) is 5.77. The number of nitrogens with zero attached hydrogens (tertiary/aromatic N) is 1. The number of hydrogen-bond donors (Lipinski definition) is 2. The van der Waals surface area contributed by atoms with E-state index in [1.807, 2.05) is 0 Å². The highest BCUT2D eigenvalue weighted by atomic mass is 16.1. The summed E-state index contributed by atoms with van der Waals surface area (Å²) in [5.74, 6) is 0. The van der Waals surface area contributed by atoms with Gasteiger partial charge in [0.15, 0.2) is 0 Å². The highest BCUT2D eigenvalue weighted by Crippen LogP contribution is 2.02. The molecule has 4 heteroatoms. The molecule has 66 valence electrons. The number of nitrogens with two attached hydrogens (primary N) is 1. The van der Waals surface area contributed by atoms with Gasteiger partial charge in [-0.25, -0.2) is 5.10 Å². The fourth-order valence-electron chi connectivity index (χ4n) is 1.10. The molecule has 1 rings (SSSR count). The molecule has 0 bridgehead atoms. The summed E-state index contributed by atoms with van der Waals surface area (Å²) in [6, 6.07) is 1.51. The van der Waals surface area contributed by atoms with Gasteiger partial charge in [0.25, 0.3) is 5.56 Å². The van der Waals surface area contributed by atoms with Crippen molar-refractivity contribution in [1.29, 1.82) is 0 Å². The summed E-state index contributed by atoms with van der Waals surface area (Å²) in [4.78, 5) is 10.8. The first kappa shape index (κ1) is 8.93. The molecule has 0 unspecified atom stereocenters. The molecule has 0 amide bonds. The Labute approximate surface area is 70.8 Å². The molecule has 0 spiro atoms. The highest BCUT2D eigenvalue weighted by Gasteiger charge is 2.01. The molecule has 0 aliphatic heterocycles. The van der Waals surface area contributed by atoms with Crippen LogP contribution in [-0.4, -0.2) is 10.2 Å². The molecule has 0 fully saturated rings. The van der Waals surface area contributed by atoms with Gasteiger partial charge in [0, 0.05) is 12.6 Å². The van der Waals surface area contributed by atoms with Crippen molar-refractivity contribution in [3.63, 3.8) is 0 Å². The van der Waals surface area contributed by atoms with Gasteiger partial charge in [0.2, 0.25) is 0 Å². The van der Waals surface area contributed by atoms with Crippen molar-refractivity contribution in [2.75, 3.05) is 0 Å². The van der Waals surface area contributed by atoms with E-state index in [-0.39, 0.29) is 5.56 Å². The Morgan fingerprint density at radius 3 is 3.00 bits per heavy atom. The number of rotatable bonds is 3. The molecule has 0 atom stereocenters. The second kappa shape index (κ2) is 4.01. The molecule has 12 heavy (non-hydrogen) atoms. The van der Waals surface area contributed by atoms with E-state index in [0.717, 1.165) is 24.1 Å². The zero-order chi connectivity index (χ0) is 8.97. The maximum atomic E-state index is 10.8. The summed E-state index contributed by atoms with van der Waals surface area (Å²) >= 11 is 0. The van der Waals surface area contributed by atoms with Crippen LogP contribution in [0.25, 0.3) is 0 Å². The van der Waals surface area contributed by atoms with Gasteiger partial charge in [-0.05, 0) is 12.0 Å². The predicted octanol–water partition coefficient (Wildman–Crippen LogP) is 0.181. The lowest BCUT2D eigenvalue weighted by molar-refractivity contribution is 0.798. The topological polar surface area (TPSA) is 71.8 Å². The summed E-state index contributed by atoms with van der Waals surface area (Å²) in [5.41, 5.74) is 7.02. The summed E-state index contributed by atoms with van der Waals surface area (Å²) in [5, 5.41) is 6.32. The smallest absolute Gasteiger partial charge is 0.264 e. The Bertz CT molecular complexity index is 305. The predicted molar refractivity (Wildman–Crippen MR) is 46.7 cm³/mol. The van der Waals surface area contributed by atoms with Gasteiger partial charge in [0.05, 0.1) is 5.69 Å². The van der Waals surface area contributed by atoms with E-state index in [9.17, 15) is 4.79 Å². The van der Waals surface area contributed by atoms with Crippen LogP contribution in [0.2, 0.25) is 0 Å². The van der Waals surface area contributed by atoms with Crippen LogP contribution in [0.3, 0.4) is 0 Å². The van der Waals surface area contributed by atoms with Crippen LogP contribution in [0.15, 0.2) is 10.9 Å². The van der Waals surface area contributed by atoms with Crippen molar-refractivity contribution in [2.24, 2.45) is 5.73 Å². The van der Waals surface area contributed by atoms with Gasteiger partial charge in [0.1, 0.15) is 0 Å². The number of aryl methyl sites for hydroxylation is 1. The molecule has 0 saturated carbocycles. The Morgan fingerprint density at radius 2 is 2.42 bits per heavy atom. The van der Waals surface area contributed by atoms with Crippen LogP contribution in [0.5, 0.6) is 0 Å². The van der Waals surface area contributed by atoms with Crippen LogP contribution in [0.4, 0.5) is 0 Å². The number of hydrogen-bond acceptors (Lipinski definition) is 3. The lowest BCUT2D eigenvalue weighted by Crippen LogP contribution is -2.14. The molecule has 0 radical (unpaired) electrons. The van der Waals surface area contributed by atoms with Gasteiger partial charge in [-0.3, -0.25) is 4.79 Å². The zero-order valence-corrected chi connectivity index (χ0v) is 7.13. The number of aromatic amines is 1. The van der Waals surface area contributed by atoms with E-state index in [0.29, 0.717) is 6.54 Å². The summed E-state index contributed by atoms with van der Waals surface area (Å²) < 4.78 is 0. The van der Waals surface area contributed by atoms with E-state index in [2.05, 4.69) is 17.1 Å². The highest BCUT2D eigenvalue weighted by molar-refractivity contribution is 5.16. The number of nitrogens with one attached hydrogen (secondary N) is 1. The fourth-order valence-corrected chi connectivity index (χ4v) is 1.10. The van der Waals surface area contributed by atoms with Crippen molar-refractivity contribution in [3.8, 4) is 0 Å². The largest absolute Gasteiger partial charge is 0.326 e. The van der Waals surface area contributed by atoms with Crippen molar-refractivity contribution in [3.05, 3.63) is 27.7 Å². The van der Waals surface area contributed by atoms with Gasteiger partial charge in [-0.15, -0.1) is 0 Å². The minimum absolute atomic E-state index is 0.185. The van der Waals surface area contributed by atoms with Crippen molar-refractivity contribution in [2.45, 2.75) is 26.3 Å². The van der Waals surface area contributed by atoms with Gasteiger partial charge < -0.3 is 5.73 Å². The first-order valence-corrected chi connectivity index (χ1v) is 4.05. The van der Waals surface area contributed by atoms with E-state index in [1.54, 1.807) is 0 Å². The molecule has 1 heterocycles. The fraction of sp³-hybridized carbons (Fsp3) is 0.500. The minimum atomic E-state index is -0.185. The molecule has 0 saturated heterocycles. The third-order valence-corrected chi connectivity index (χ3v) is 1.68. The maximum absolute atomic E-state index is 10.8. The maximum Gasteiger partial charge on any atom is 0.264 e. The molecule has 0 aliphatic carbocycles. The number of aromatic nitrogens is 2. The normalized spacial score (nSPS) is 10.2. The molecular weight excluding hydrogens is 154 g/mol. The number of H-pyrrole nitrogens is 1. The zero-order valence-electron chi connectivity index (χ0n) is 7.13. The molecule has 0 aromatic carbocycles. The van der Waals surface area contributed by atoms with Gasteiger partial charge >= 0.3 is 0 Å². The third-order valence-electron chi connectivity index (χ3n) is 1.68. The first-order valence-electron chi connectivity index (χ1n) is 4.05. The second-order valence-electron chi connectivity index (χ2n) is 2.66. The van der Waals surface area contributed by atoms with Crippen LogP contribution < -0.4 is 11.3 Å². The summed E-state index contributed by atoms with van der Waals surface area (Å²) in [6.07, 6.45) is 1.87. The average molecular weight is 167 g/mol. The van der Waals surface area contributed by atoms with Crippen LogP contribution in [-0.2, 0) is 13.0 Å². The third kappa shape index (κ3) is 1.92. The molecule has 3 N–H and O–H groups in total. The summed E-state index contributed by atoms with van der Waals surface area (Å²) in [7, 11) is 0. The van der Waals surface area contributed by atoms with E-state index >= 15 is 0 Å². The minimum Gasteiger partial charge on any atom is -0.326 e. The van der Waals surface area contributed by atoms with E-state index in [1.165, 1.54) is 6.07 Å². The summed E-state index contributed by atoms with van der Waals surface area (Å²) in [6.45, 7) is 2.44. The van der Waals surface area contributed by atoms with Crippen LogP contribution in [0.1, 0.15) is 24.6 Å². The van der Waals surface area contributed by atoms with Crippen molar-refractivity contribution >= 4 is 0 Å². The lowest BCUT2D eigenvalue weighted by atomic mass is 10.1. The second-order valence-corrected chi connectivity index (χ2v) is 2.66. The standard InChI is InChI=1S/C8H13N3O/c1-2-3-7-6(5-9)4-8(12)11-10-7/h4H,2-3,5,9H2,1H3,(H,11,12). The monoisotopic (exact) mass is 167 g/mol. The van der Waals surface area contributed by atoms with Gasteiger partial charge in [-0.1, -0.05) is 13.3 Å². The lowest BCUT2D eigenvalue weighted by Gasteiger charge is -2.02. The Morgan fingerprint density at radius 1 is 1.67 bits per heavy atom. The van der Waals surface area contributed by atoms with Gasteiger partial charge in [-0.2, -0.15) is 5.10 Å². The van der Waals surface area contributed by atoms with Crippen LogP contribution in [0, 0.1) is 0 Å². The molecule has 0 aliphatic rings. The van der Waals surface area contributed by atoms with Crippen molar-refractivity contribution in [1.82, 2.24) is 10.2 Å². The molecule has 1 aromatic heterocycles. The molecule has 4 nitrogen and oxygen atoms in total. The Kier molecular flexibility index (Phi) is 2.99. The SMILES string of the molecule is CCCc1n[nH]c(=O)cc1CN. The Balaban J connectivity index is 3.02. The molecule has 1 aromatic rings. The average Bonchev–Trinajstić information content (AvgIpc) is 2.08. The van der Waals surface area contributed by atoms with E-state index in [4.69, 9.17) is 5.73 Å². The Hall–Kier alpha value is -1.16. The molecular formula is C8H13N3O. The van der Waals surface area contributed by atoms with Crippen molar-refractivity contribution < 1.29 is 0 Å². The van der Waals surface area contributed by atoms with Crippen LogP contribution >= 0.6 is 0 Å². The van der Waals surface area contributed by atoms with E-state index < -0.39 is 0 Å². The quantitative estimate of drug-likeness (QED) is 0.674.